The molecule has 1 N–H and O–H groups in total. The first-order valence-corrected chi connectivity index (χ1v) is 4.39. The van der Waals surface area contributed by atoms with E-state index in [1.54, 1.807) is 16.8 Å². The summed E-state index contributed by atoms with van der Waals surface area (Å²) in [5, 5.41) is 14.4. The van der Waals surface area contributed by atoms with E-state index in [9.17, 15) is 5.11 Å². The van der Waals surface area contributed by atoms with Gasteiger partial charge in [-0.25, -0.2) is 0 Å². The Morgan fingerprint density at radius 2 is 2.00 bits per heavy atom. The Bertz CT molecular complexity index is 393. The lowest BCUT2D eigenvalue weighted by atomic mass is 10.2. The Kier molecular flexibility index (Phi) is 2.90. The van der Waals surface area contributed by atoms with Gasteiger partial charge in [0, 0.05) is 18.6 Å². The van der Waals surface area contributed by atoms with Crippen LogP contribution in [0.25, 0.3) is 10.9 Å². The summed E-state index contributed by atoms with van der Waals surface area (Å²) in [5.74, 6) is 0.239. The molecule has 2 aromatic rings. The SMILES string of the molecule is CC.Cn1cc2cccc(O)c2n1. The molecule has 0 bridgehead atoms. The topological polar surface area (TPSA) is 38.0 Å². The van der Waals surface area contributed by atoms with Crippen molar-refractivity contribution in [1.29, 1.82) is 0 Å². The predicted molar refractivity (Wildman–Crippen MR) is 53.7 cm³/mol. The number of rotatable bonds is 0. The Morgan fingerprint density at radius 3 is 2.62 bits per heavy atom. The average Bonchev–Trinajstić information content (AvgIpc) is 2.51. The molecule has 0 atom stereocenters. The fourth-order valence-corrected chi connectivity index (χ4v) is 1.15. The molecule has 3 heteroatoms. The number of benzene rings is 1. The number of phenols is 1. The lowest BCUT2D eigenvalue weighted by Crippen LogP contribution is -1.84. The number of aromatic hydroxyl groups is 1. The molecule has 0 spiro atoms. The van der Waals surface area contributed by atoms with Crippen molar-refractivity contribution in [2.45, 2.75) is 13.8 Å². The summed E-state index contributed by atoms with van der Waals surface area (Å²) in [5.41, 5.74) is 0.662. The maximum atomic E-state index is 9.31. The number of hydrogen-bond donors (Lipinski definition) is 1. The van der Waals surface area contributed by atoms with Gasteiger partial charge >= 0.3 is 0 Å². The average molecular weight is 178 g/mol. The van der Waals surface area contributed by atoms with Gasteiger partial charge in [0.15, 0.2) is 0 Å². The van der Waals surface area contributed by atoms with E-state index in [4.69, 9.17) is 0 Å². The standard InChI is InChI=1S/C8H8N2O.C2H6/c1-10-5-6-3-2-4-7(11)8(6)9-10;1-2/h2-5,11H,1H3;1-2H3. The molecule has 70 valence electrons. The van der Waals surface area contributed by atoms with Crippen LogP contribution in [0.5, 0.6) is 5.75 Å². The molecule has 0 fully saturated rings. The normalized spacial score (nSPS) is 9.46. The lowest BCUT2D eigenvalue weighted by molar-refractivity contribution is 0.479. The fraction of sp³-hybridized carbons (Fsp3) is 0.300. The second-order valence-corrected chi connectivity index (χ2v) is 2.52. The number of nitrogens with zero attached hydrogens (tertiary/aromatic N) is 2. The number of aromatic nitrogens is 2. The highest BCUT2D eigenvalue weighted by Crippen LogP contribution is 2.21. The van der Waals surface area contributed by atoms with Gasteiger partial charge in [-0.15, -0.1) is 0 Å². The largest absolute Gasteiger partial charge is 0.506 e. The molecule has 0 aliphatic heterocycles. The van der Waals surface area contributed by atoms with E-state index in [-0.39, 0.29) is 5.75 Å². The molecular formula is C10H14N2O. The van der Waals surface area contributed by atoms with E-state index >= 15 is 0 Å². The minimum absolute atomic E-state index is 0.239. The number of fused-ring (bicyclic) bond motifs is 1. The minimum Gasteiger partial charge on any atom is -0.506 e. The third-order valence-corrected chi connectivity index (χ3v) is 1.63. The van der Waals surface area contributed by atoms with Crippen molar-refractivity contribution in [2.24, 2.45) is 7.05 Å². The molecule has 0 saturated carbocycles. The first-order chi connectivity index (χ1) is 6.27. The second kappa shape index (κ2) is 3.94. The van der Waals surface area contributed by atoms with Crippen LogP contribution in [-0.2, 0) is 7.05 Å². The molecule has 1 aromatic heterocycles. The second-order valence-electron chi connectivity index (χ2n) is 2.52. The van der Waals surface area contributed by atoms with Gasteiger partial charge in [0.1, 0.15) is 11.3 Å². The zero-order valence-corrected chi connectivity index (χ0v) is 8.15. The zero-order chi connectivity index (χ0) is 9.84. The Labute approximate surface area is 77.6 Å². The number of hydrogen-bond acceptors (Lipinski definition) is 2. The molecule has 0 aliphatic carbocycles. The molecule has 0 amide bonds. The summed E-state index contributed by atoms with van der Waals surface area (Å²) in [6.07, 6.45) is 1.87. The van der Waals surface area contributed by atoms with Crippen molar-refractivity contribution in [1.82, 2.24) is 9.78 Å². The quantitative estimate of drug-likeness (QED) is 0.672. The smallest absolute Gasteiger partial charge is 0.143 e. The molecular weight excluding hydrogens is 164 g/mol. The van der Waals surface area contributed by atoms with Crippen molar-refractivity contribution in [2.75, 3.05) is 0 Å². The Balaban J connectivity index is 0.000000396. The summed E-state index contributed by atoms with van der Waals surface area (Å²) >= 11 is 0. The first-order valence-electron chi connectivity index (χ1n) is 4.39. The summed E-state index contributed by atoms with van der Waals surface area (Å²) in [6.45, 7) is 4.00. The van der Waals surface area contributed by atoms with E-state index < -0.39 is 0 Å². The van der Waals surface area contributed by atoms with Gasteiger partial charge in [-0.3, -0.25) is 4.68 Å². The molecule has 13 heavy (non-hydrogen) atoms. The number of phenolic OH excluding ortho intramolecular Hbond substituents is 1. The van der Waals surface area contributed by atoms with E-state index in [0.29, 0.717) is 5.52 Å². The highest BCUT2D eigenvalue weighted by molar-refractivity contribution is 5.83. The van der Waals surface area contributed by atoms with Crippen LogP contribution in [0.2, 0.25) is 0 Å². The van der Waals surface area contributed by atoms with Crippen LogP contribution in [0.1, 0.15) is 13.8 Å². The molecule has 1 aromatic carbocycles. The van der Waals surface area contributed by atoms with Gasteiger partial charge in [-0.1, -0.05) is 26.0 Å². The van der Waals surface area contributed by atoms with Crippen molar-refractivity contribution >= 4 is 10.9 Å². The van der Waals surface area contributed by atoms with Crippen molar-refractivity contribution < 1.29 is 5.11 Å². The fourth-order valence-electron chi connectivity index (χ4n) is 1.15. The lowest BCUT2D eigenvalue weighted by Gasteiger charge is -1.89. The van der Waals surface area contributed by atoms with Gasteiger partial charge in [-0.05, 0) is 6.07 Å². The Morgan fingerprint density at radius 1 is 1.31 bits per heavy atom. The van der Waals surface area contributed by atoms with E-state index in [1.165, 1.54) is 0 Å². The predicted octanol–water partition coefficient (Wildman–Crippen LogP) is 2.31. The maximum absolute atomic E-state index is 9.31. The summed E-state index contributed by atoms with van der Waals surface area (Å²) in [4.78, 5) is 0. The van der Waals surface area contributed by atoms with Crippen LogP contribution in [0.15, 0.2) is 24.4 Å². The van der Waals surface area contributed by atoms with Crippen LogP contribution in [0, 0.1) is 0 Å². The molecule has 1 heterocycles. The highest BCUT2D eigenvalue weighted by atomic mass is 16.3. The van der Waals surface area contributed by atoms with Crippen LogP contribution in [0.4, 0.5) is 0 Å². The third kappa shape index (κ3) is 1.80. The van der Waals surface area contributed by atoms with Crippen molar-refractivity contribution in [3.63, 3.8) is 0 Å². The van der Waals surface area contributed by atoms with Crippen LogP contribution in [-0.4, -0.2) is 14.9 Å². The molecule has 0 unspecified atom stereocenters. The molecule has 2 rings (SSSR count). The minimum atomic E-state index is 0.239. The Hall–Kier alpha value is -1.51. The van der Waals surface area contributed by atoms with Crippen LogP contribution < -0.4 is 0 Å². The highest BCUT2D eigenvalue weighted by Gasteiger charge is 2.00. The van der Waals surface area contributed by atoms with Gasteiger partial charge < -0.3 is 5.11 Å². The van der Waals surface area contributed by atoms with Crippen molar-refractivity contribution in [3.05, 3.63) is 24.4 Å². The molecule has 3 nitrogen and oxygen atoms in total. The molecule has 0 saturated heterocycles. The van der Waals surface area contributed by atoms with Crippen LogP contribution in [0.3, 0.4) is 0 Å². The van der Waals surface area contributed by atoms with E-state index in [0.717, 1.165) is 5.39 Å². The van der Waals surface area contributed by atoms with E-state index in [1.807, 2.05) is 33.2 Å². The first kappa shape index (κ1) is 9.58. The zero-order valence-electron chi connectivity index (χ0n) is 8.15. The maximum Gasteiger partial charge on any atom is 0.143 e. The monoisotopic (exact) mass is 178 g/mol. The summed E-state index contributed by atoms with van der Waals surface area (Å²) in [6, 6.07) is 5.36. The number of aryl methyl sites for hydroxylation is 1. The molecule has 0 radical (unpaired) electrons. The van der Waals surface area contributed by atoms with Crippen LogP contribution >= 0.6 is 0 Å². The summed E-state index contributed by atoms with van der Waals surface area (Å²) < 4.78 is 1.68. The van der Waals surface area contributed by atoms with Gasteiger partial charge in [0.2, 0.25) is 0 Å². The van der Waals surface area contributed by atoms with E-state index in [2.05, 4.69) is 5.10 Å². The van der Waals surface area contributed by atoms with Gasteiger partial charge in [0.05, 0.1) is 0 Å². The molecule has 0 aliphatic rings. The van der Waals surface area contributed by atoms with Gasteiger partial charge in [-0.2, -0.15) is 5.10 Å². The third-order valence-electron chi connectivity index (χ3n) is 1.63. The van der Waals surface area contributed by atoms with Crippen molar-refractivity contribution in [3.8, 4) is 5.75 Å². The van der Waals surface area contributed by atoms with Gasteiger partial charge in [0.25, 0.3) is 0 Å². The summed E-state index contributed by atoms with van der Waals surface area (Å²) in [7, 11) is 1.83.